The van der Waals surface area contributed by atoms with Gasteiger partial charge in [-0.25, -0.2) is 4.39 Å². The summed E-state index contributed by atoms with van der Waals surface area (Å²) in [6.45, 7) is 1.66. The number of halogens is 1. The minimum atomic E-state index is -0.691. The van der Waals surface area contributed by atoms with Crippen molar-refractivity contribution in [1.29, 1.82) is 0 Å². The molecular weight excluding hydrogens is 319 g/mol. The number of nitrogens with zero attached hydrogens (tertiary/aromatic N) is 1. The number of nitrogens with two attached hydrogens (primary N) is 1. The molecule has 2 aliphatic rings. The van der Waals surface area contributed by atoms with Crippen LogP contribution in [0.25, 0.3) is 0 Å². The molecule has 25 heavy (non-hydrogen) atoms. The Kier molecular flexibility index (Phi) is 4.46. The lowest BCUT2D eigenvalue weighted by Crippen LogP contribution is -2.52. The van der Waals surface area contributed by atoms with Crippen LogP contribution in [0.4, 0.5) is 4.39 Å². The first-order valence-corrected chi connectivity index (χ1v) is 8.78. The van der Waals surface area contributed by atoms with Crippen LogP contribution < -0.4 is 10.5 Å². The number of hydrogen-bond donors (Lipinski definition) is 2. The number of aliphatic hydroxyl groups is 1. The lowest BCUT2D eigenvalue weighted by atomic mass is 9.97. The van der Waals surface area contributed by atoms with Crippen molar-refractivity contribution in [2.24, 2.45) is 5.73 Å². The lowest BCUT2D eigenvalue weighted by molar-refractivity contribution is 0.00396. The molecule has 4 nitrogen and oxygen atoms in total. The van der Waals surface area contributed by atoms with E-state index in [1.54, 1.807) is 12.1 Å². The summed E-state index contributed by atoms with van der Waals surface area (Å²) < 4.78 is 19.2. The fourth-order valence-corrected chi connectivity index (χ4v) is 4.11. The Hall–Kier alpha value is -1.95. The van der Waals surface area contributed by atoms with Gasteiger partial charge in [-0.3, -0.25) is 4.90 Å². The van der Waals surface area contributed by atoms with E-state index in [4.69, 9.17) is 10.5 Å². The van der Waals surface area contributed by atoms with Gasteiger partial charge in [0.25, 0.3) is 0 Å². The molecule has 5 heteroatoms. The van der Waals surface area contributed by atoms with E-state index in [0.29, 0.717) is 12.2 Å². The minimum absolute atomic E-state index is 0.146. The van der Waals surface area contributed by atoms with Gasteiger partial charge in [-0.2, -0.15) is 0 Å². The van der Waals surface area contributed by atoms with E-state index in [9.17, 15) is 9.50 Å². The average molecular weight is 342 g/mol. The summed E-state index contributed by atoms with van der Waals surface area (Å²) in [5.41, 5.74) is 9.00. The standard InChI is InChI=1S/C20H23FN2O2/c21-15-6-3-7-16(10-15)25-18-11-17(22)19(20(18)24)23-9-8-13-4-1-2-5-14(13)12-23/h1-7,10,17-20,24H,8-9,11-12,22H2/t17-,18-,19+,20+/m1/s1. The van der Waals surface area contributed by atoms with Crippen molar-refractivity contribution in [3.8, 4) is 5.75 Å². The maximum absolute atomic E-state index is 13.3. The fourth-order valence-electron chi connectivity index (χ4n) is 4.11. The summed E-state index contributed by atoms with van der Waals surface area (Å²) in [7, 11) is 0. The van der Waals surface area contributed by atoms with E-state index in [1.165, 1.54) is 23.3 Å². The van der Waals surface area contributed by atoms with Crippen molar-refractivity contribution < 1.29 is 14.2 Å². The molecule has 0 aromatic heterocycles. The zero-order chi connectivity index (χ0) is 17.4. The van der Waals surface area contributed by atoms with Crippen LogP contribution in [0, 0.1) is 5.82 Å². The van der Waals surface area contributed by atoms with E-state index in [2.05, 4.69) is 23.1 Å². The molecule has 1 fully saturated rings. The second-order valence-corrected chi connectivity index (χ2v) is 6.98. The largest absolute Gasteiger partial charge is 0.487 e. The zero-order valence-corrected chi connectivity index (χ0v) is 14.0. The Morgan fingerprint density at radius 2 is 1.92 bits per heavy atom. The predicted molar refractivity (Wildman–Crippen MR) is 93.8 cm³/mol. The molecule has 2 aromatic carbocycles. The van der Waals surface area contributed by atoms with Gasteiger partial charge >= 0.3 is 0 Å². The van der Waals surface area contributed by atoms with Gasteiger partial charge in [0, 0.05) is 31.6 Å². The molecule has 0 radical (unpaired) electrons. The summed E-state index contributed by atoms with van der Waals surface area (Å²) in [6, 6.07) is 14.1. The highest BCUT2D eigenvalue weighted by Gasteiger charge is 2.45. The van der Waals surface area contributed by atoms with Gasteiger partial charge in [0.05, 0.1) is 6.04 Å². The highest BCUT2D eigenvalue weighted by atomic mass is 19.1. The highest BCUT2D eigenvalue weighted by molar-refractivity contribution is 5.30. The third kappa shape index (κ3) is 3.27. The minimum Gasteiger partial charge on any atom is -0.487 e. The third-order valence-electron chi connectivity index (χ3n) is 5.34. The summed E-state index contributed by atoms with van der Waals surface area (Å²) >= 11 is 0. The van der Waals surface area contributed by atoms with Crippen LogP contribution in [-0.2, 0) is 13.0 Å². The van der Waals surface area contributed by atoms with E-state index in [1.807, 2.05) is 6.07 Å². The molecule has 0 spiro atoms. The second-order valence-electron chi connectivity index (χ2n) is 6.98. The molecule has 1 saturated carbocycles. The predicted octanol–water partition coefficient (Wildman–Crippen LogP) is 2.09. The average Bonchev–Trinajstić information content (AvgIpc) is 2.88. The summed E-state index contributed by atoms with van der Waals surface area (Å²) in [5.74, 6) is 0.0827. The van der Waals surface area contributed by atoms with Crippen molar-refractivity contribution in [3.05, 3.63) is 65.5 Å². The second kappa shape index (κ2) is 6.75. The van der Waals surface area contributed by atoms with Crippen LogP contribution in [0.1, 0.15) is 17.5 Å². The molecule has 0 saturated heterocycles. The van der Waals surface area contributed by atoms with Gasteiger partial charge in [0.15, 0.2) is 0 Å². The third-order valence-corrected chi connectivity index (χ3v) is 5.34. The lowest BCUT2D eigenvalue weighted by Gasteiger charge is -2.37. The monoisotopic (exact) mass is 342 g/mol. The number of hydrogen-bond acceptors (Lipinski definition) is 4. The van der Waals surface area contributed by atoms with Crippen LogP contribution in [-0.4, -0.2) is 40.8 Å². The van der Waals surface area contributed by atoms with Crippen molar-refractivity contribution in [3.63, 3.8) is 0 Å². The molecule has 2 aromatic rings. The first-order chi connectivity index (χ1) is 12.1. The van der Waals surface area contributed by atoms with Crippen molar-refractivity contribution in [2.75, 3.05) is 6.54 Å². The van der Waals surface area contributed by atoms with Gasteiger partial charge in [-0.1, -0.05) is 30.3 Å². The van der Waals surface area contributed by atoms with Gasteiger partial charge < -0.3 is 15.6 Å². The normalized spacial score (nSPS) is 29.4. The molecule has 0 unspecified atom stereocenters. The molecular formula is C20H23FN2O2. The fraction of sp³-hybridized carbons (Fsp3) is 0.400. The Balaban J connectivity index is 1.48. The quantitative estimate of drug-likeness (QED) is 0.897. The van der Waals surface area contributed by atoms with Crippen LogP contribution >= 0.6 is 0 Å². The Morgan fingerprint density at radius 1 is 1.12 bits per heavy atom. The molecule has 4 rings (SSSR count). The summed E-state index contributed by atoms with van der Waals surface area (Å²) in [4.78, 5) is 2.26. The molecule has 0 bridgehead atoms. The molecule has 1 heterocycles. The summed E-state index contributed by atoms with van der Waals surface area (Å²) in [5, 5.41) is 10.8. The molecule has 132 valence electrons. The first kappa shape index (κ1) is 16.5. The summed E-state index contributed by atoms with van der Waals surface area (Å²) in [6.07, 6.45) is 0.407. The van der Waals surface area contributed by atoms with Crippen LogP contribution in [0.5, 0.6) is 5.75 Å². The molecule has 3 N–H and O–H groups in total. The maximum atomic E-state index is 13.3. The van der Waals surface area contributed by atoms with Gasteiger partial charge in [0.2, 0.25) is 0 Å². The van der Waals surface area contributed by atoms with Crippen molar-refractivity contribution in [1.82, 2.24) is 4.90 Å². The van der Waals surface area contributed by atoms with Crippen molar-refractivity contribution in [2.45, 2.75) is 43.7 Å². The highest BCUT2D eigenvalue weighted by Crippen LogP contribution is 2.31. The van der Waals surface area contributed by atoms with Crippen LogP contribution in [0.2, 0.25) is 0 Å². The van der Waals surface area contributed by atoms with E-state index in [-0.39, 0.29) is 17.9 Å². The van der Waals surface area contributed by atoms with E-state index in [0.717, 1.165) is 19.5 Å². The van der Waals surface area contributed by atoms with Crippen LogP contribution in [0.3, 0.4) is 0 Å². The molecule has 0 amide bonds. The first-order valence-electron chi connectivity index (χ1n) is 8.78. The Morgan fingerprint density at radius 3 is 2.72 bits per heavy atom. The van der Waals surface area contributed by atoms with Gasteiger partial charge in [0.1, 0.15) is 23.8 Å². The molecule has 1 aliphatic carbocycles. The Bertz CT molecular complexity index is 754. The van der Waals surface area contributed by atoms with Crippen LogP contribution in [0.15, 0.2) is 48.5 Å². The van der Waals surface area contributed by atoms with E-state index >= 15 is 0 Å². The number of rotatable bonds is 3. The van der Waals surface area contributed by atoms with Crippen molar-refractivity contribution >= 4 is 0 Å². The smallest absolute Gasteiger partial charge is 0.128 e. The molecule has 4 atom stereocenters. The van der Waals surface area contributed by atoms with Gasteiger partial charge in [-0.15, -0.1) is 0 Å². The molecule has 1 aliphatic heterocycles. The number of fused-ring (bicyclic) bond motifs is 1. The number of benzene rings is 2. The Labute approximate surface area is 147 Å². The number of ether oxygens (including phenoxy) is 1. The van der Waals surface area contributed by atoms with E-state index < -0.39 is 12.2 Å². The maximum Gasteiger partial charge on any atom is 0.128 e. The number of aliphatic hydroxyl groups excluding tert-OH is 1. The SMILES string of the molecule is N[C@@H]1C[C@@H](Oc2cccc(F)c2)[C@H](O)[C@H]1N1CCc2ccccc2C1. The zero-order valence-electron chi connectivity index (χ0n) is 14.0. The van der Waals surface area contributed by atoms with Gasteiger partial charge in [-0.05, 0) is 29.7 Å². The topological polar surface area (TPSA) is 58.7 Å².